The quantitative estimate of drug-likeness (QED) is 0.475. The molecule has 0 spiro atoms. The van der Waals surface area contributed by atoms with Gasteiger partial charge in [-0.15, -0.1) is 4.31 Å². The van der Waals surface area contributed by atoms with Crippen LogP contribution in [0.1, 0.15) is 71.6 Å². The van der Waals surface area contributed by atoms with Gasteiger partial charge >= 0.3 is 0 Å². The number of piperidine rings is 1. The Labute approximate surface area is 190 Å². The molecule has 0 aliphatic carbocycles. The Hall–Kier alpha value is -1.82. The van der Waals surface area contributed by atoms with Crippen LogP contribution in [0.2, 0.25) is 0 Å². The molecule has 0 N–H and O–H groups in total. The molecular weight excluding hydrogens is 402 g/mol. The lowest BCUT2D eigenvalue weighted by Crippen LogP contribution is -2.47. The highest BCUT2D eigenvalue weighted by Crippen LogP contribution is 2.33. The van der Waals surface area contributed by atoms with E-state index >= 15 is 0 Å². The number of fused-ring (bicyclic) bond motifs is 1. The Kier molecular flexibility index (Phi) is 5.97. The van der Waals surface area contributed by atoms with Gasteiger partial charge in [0.1, 0.15) is 4.75 Å². The Morgan fingerprint density at radius 3 is 2.29 bits per heavy atom. The van der Waals surface area contributed by atoms with E-state index in [2.05, 4.69) is 99.1 Å². The van der Waals surface area contributed by atoms with Gasteiger partial charge in [0.2, 0.25) is 0 Å². The topological polar surface area (TPSA) is 44.1 Å². The number of nitrogens with zero attached hydrogens (tertiary/aromatic N) is 3. The molecule has 2 aromatic carbocycles. The molecule has 0 unspecified atom stereocenters. The molecule has 0 radical (unpaired) electrons. The van der Waals surface area contributed by atoms with Crippen LogP contribution < -0.4 is 0 Å². The monoisotopic (exact) mass is 437 g/mol. The van der Waals surface area contributed by atoms with Crippen LogP contribution in [0, 0.1) is 0 Å². The SMILES string of the molecule is CC(C)(C)c1nn(-c2ccc([C@@H]3CCCN([S@@+]([O-])C(C)(C)C)C3)cc2)c2ccccc12. The lowest BCUT2D eigenvalue weighted by Gasteiger charge is -2.37. The van der Waals surface area contributed by atoms with Crippen molar-refractivity contribution in [1.82, 2.24) is 14.1 Å². The van der Waals surface area contributed by atoms with Crippen molar-refractivity contribution in [2.75, 3.05) is 13.1 Å². The van der Waals surface area contributed by atoms with E-state index in [1.54, 1.807) is 0 Å². The lowest BCUT2D eigenvalue weighted by atomic mass is 9.90. The molecule has 1 aliphatic rings. The Balaban J connectivity index is 1.61. The summed E-state index contributed by atoms with van der Waals surface area (Å²) in [6.45, 7) is 14.6. The van der Waals surface area contributed by atoms with Crippen LogP contribution in [-0.2, 0) is 16.8 Å². The van der Waals surface area contributed by atoms with Crippen LogP contribution >= 0.6 is 0 Å². The summed E-state index contributed by atoms with van der Waals surface area (Å²) < 4.78 is 16.9. The average Bonchev–Trinajstić information content (AvgIpc) is 3.13. The molecule has 1 aromatic heterocycles. The van der Waals surface area contributed by atoms with Crippen LogP contribution in [0.4, 0.5) is 0 Å². The third-order valence-corrected chi connectivity index (χ3v) is 7.90. The Morgan fingerprint density at radius 2 is 1.65 bits per heavy atom. The molecule has 1 saturated heterocycles. The van der Waals surface area contributed by atoms with Crippen molar-refractivity contribution in [2.45, 2.75) is 70.5 Å². The fourth-order valence-electron chi connectivity index (χ4n) is 4.46. The second kappa shape index (κ2) is 8.27. The van der Waals surface area contributed by atoms with Gasteiger partial charge in [0.05, 0.1) is 23.4 Å². The number of hydrogen-bond acceptors (Lipinski definition) is 3. The van der Waals surface area contributed by atoms with Crippen molar-refractivity contribution in [3.8, 4) is 5.69 Å². The molecule has 0 bridgehead atoms. The molecule has 2 atom stereocenters. The minimum absolute atomic E-state index is 0.0148. The van der Waals surface area contributed by atoms with Gasteiger partial charge < -0.3 is 4.55 Å². The highest BCUT2D eigenvalue weighted by molar-refractivity contribution is 7.90. The van der Waals surface area contributed by atoms with Crippen molar-refractivity contribution >= 4 is 22.3 Å². The van der Waals surface area contributed by atoms with Crippen LogP contribution in [0.15, 0.2) is 48.5 Å². The normalized spacial score (nSPS) is 19.6. The minimum Gasteiger partial charge on any atom is -0.597 e. The number of aromatic nitrogens is 2. The lowest BCUT2D eigenvalue weighted by molar-refractivity contribution is 0.308. The summed E-state index contributed by atoms with van der Waals surface area (Å²) in [4.78, 5) is 0. The number of para-hydroxylation sites is 1. The summed E-state index contributed by atoms with van der Waals surface area (Å²) in [7, 11) is 0. The van der Waals surface area contributed by atoms with Crippen LogP contribution in [-0.4, -0.2) is 36.5 Å². The Bertz CT molecular complexity index is 1040. The molecule has 3 aromatic rings. The van der Waals surface area contributed by atoms with E-state index in [1.807, 2.05) is 0 Å². The minimum atomic E-state index is -0.955. The molecule has 0 saturated carbocycles. The number of hydrogen-bond donors (Lipinski definition) is 0. The first-order chi connectivity index (χ1) is 14.6. The number of rotatable bonds is 3. The van der Waals surface area contributed by atoms with Crippen molar-refractivity contribution in [2.24, 2.45) is 0 Å². The molecule has 31 heavy (non-hydrogen) atoms. The zero-order valence-electron chi connectivity index (χ0n) is 19.7. The van der Waals surface area contributed by atoms with Crippen molar-refractivity contribution in [1.29, 1.82) is 0 Å². The van der Waals surface area contributed by atoms with Crippen molar-refractivity contribution < 1.29 is 4.55 Å². The zero-order valence-corrected chi connectivity index (χ0v) is 20.5. The number of benzene rings is 2. The predicted molar refractivity (Wildman–Crippen MR) is 131 cm³/mol. The van der Waals surface area contributed by atoms with E-state index in [1.165, 1.54) is 10.9 Å². The highest BCUT2D eigenvalue weighted by atomic mass is 32.2. The third kappa shape index (κ3) is 4.55. The standard InChI is InChI=1S/C26H35N3OS/c1-25(2,3)24-22-11-7-8-12-23(22)29(27-24)21-15-13-19(14-16-21)20-10-9-17-28(18-20)31(30)26(4,5)6/h7-8,11-16,20H,9-10,17-18H2,1-6H3/t20-,31+/m1/s1. The molecule has 4 rings (SSSR count). The molecular formula is C26H35N3OS. The van der Waals surface area contributed by atoms with Gasteiger partial charge in [-0.2, -0.15) is 5.10 Å². The van der Waals surface area contributed by atoms with Gasteiger partial charge in [-0.3, -0.25) is 0 Å². The molecule has 5 heteroatoms. The first-order valence-electron chi connectivity index (χ1n) is 11.3. The van der Waals surface area contributed by atoms with E-state index in [0.717, 1.165) is 42.8 Å². The van der Waals surface area contributed by atoms with E-state index in [9.17, 15) is 4.55 Å². The van der Waals surface area contributed by atoms with Crippen LogP contribution in [0.3, 0.4) is 0 Å². The summed E-state index contributed by atoms with van der Waals surface area (Å²) in [5, 5.41) is 6.22. The third-order valence-electron chi connectivity index (χ3n) is 6.05. The van der Waals surface area contributed by atoms with E-state index < -0.39 is 11.4 Å². The summed E-state index contributed by atoms with van der Waals surface area (Å²) in [6, 6.07) is 17.3. The van der Waals surface area contributed by atoms with E-state index in [0.29, 0.717) is 5.92 Å². The second-order valence-electron chi connectivity index (χ2n) is 10.7. The smallest absolute Gasteiger partial charge is 0.137 e. The van der Waals surface area contributed by atoms with Gasteiger partial charge in [0.15, 0.2) is 0 Å². The first kappa shape index (κ1) is 22.4. The fraction of sp³-hybridized carbons (Fsp3) is 0.500. The largest absolute Gasteiger partial charge is 0.597 e. The summed E-state index contributed by atoms with van der Waals surface area (Å²) in [6.07, 6.45) is 2.24. The van der Waals surface area contributed by atoms with Gasteiger partial charge in [-0.05, 0) is 57.4 Å². The van der Waals surface area contributed by atoms with Gasteiger partial charge in [0.25, 0.3) is 0 Å². The molecule has 4 nitrogen and oxygen atoms in total. The predicted octanol–water partition coefficient (Wildman–Crippen LogP) is 5.96. The van der Waals surface area contributed by atoms with Gasteiger partial charge in [-0.1, -0.05) is 51.1 Å². The van der Waals surface area contributed by atoms with E-state index in [4.69, 9.17) is 5.10 Å². The summed E-state index contributed by atoms with van der Waals surface area (Å²) in [5.74, 6) is 0.425. The average molecular weight is 438 g/mol. The molecule has 1 aliphatic heterocycles. The molecule has 166 valence electrons. The summed E-state index contributed by atoms with van der Waals surface area (Å²) >= 11 is -0.955. The fourth-order valence-corrected chi connectivity index (χ4v) is 5.84. The van der Waals surface area contributed by atoms with Gasteiger partial charge in [0, 0.05) is 34.6 Å². The Morgan fingerprint density at radius 1 is 0.968 bits per heavy atom. The highest BCUT2D eigenvalue weighted by Gasteiger charge is 2.36. The van der Waals surface area contributed by atoms with Crippen molar-refractivity contribution in [3.05, 3.63) is 59.8 Å². The zero-order chi connectivity index (χ0) is 22.4. The van der Waals surface area contributed by atoms with Gasteiger partial charge in [-0.25, -0.2) is 4.68 Å². The van der Waals surface area contributed by atoms with Crippen LogP contribution in [0.5, 0.6) is 0 Å². The van der Waals surface area contributed by atoms with E-state index in [-0.39, 0.29) is 10.2 Å². The maximum absolute atomic E-state index is 12.9. The maximum atomic E-state index is 12.9. The molecule has 2 heterocycles. The maximum Gasteiger partial charge on any atom is 0.137 e. The molecule has 1 fully saturated rings. The van der Waals surface area contributed by atoms with Crippen molar-refractivity contribution in [3.63, 3.8) is 0 Å². The van der Waals surface area contributed by atoms with Crippen LogP contribution in [0.25, 0.3) is 16.6 Å². The molecule has 0 amide bonds. The first-order valence-corrected chi connectivity index (χ1v) is 12.4. The second-order valence-corrected chi connectivity index (χ2v) is 12.9. The summed E-state index contributed by atoms with van der Waals surface area (Å²) in [5.41, 5.74) is 4.66.